The Hall–Kier alpha value is -1.28. The first-order chi connectivity index (χ1) is 10.4. The molecule has 1 unspecified atom stereocenters. The Labute approximate surface area is 128 Å². The summed E-state index contributed by atoms with van der Waals surface area (Å²) in [6.45, 7) is 2.17. The van der Waals surface area contributed by atoms with Gasteiger partial charge in [-0.3, -0.25) is 4.90 Å². The first-order valence-corrected chi connectivity index (χ1v) is 8.39. The van der Waals surface area contributed by atoms with Crippen molar-refractivity contribution in [1.29, 1.82) is 0 Å². The van der Waals surface area contributed by atoms with Crippen LogP contribution >= 0.6 is 0 Å². The number of hydrogen-bond acceptors (Lipinski definition) is 2. The van der Waals surface area contributed by atoms with Crippen molar-refractivity contribution in [3.05, 3.63) is 42.0 Å². The SMILES string of the molecule is COc1ccc(CN2CC=CCC2C2CCCCC2)cc1. The molecule has 2 aliphatic rings. The molecule has 1 saturated carbocycles. The molecule has 0 amide bonds. The Bertz CT molecular complexity index is 459. The molecule has 1 atom stereocenters. The van der Waals surface area contributed by atoms with Gasteiger partial charge in [-0.2, -0.15) is 0 Å². The fraction of sp³-hybridized carbons (Fsp3) is 0.579. The Morgan fingerprint density at radius 1 is 1.05 bits per heavy atom. The summed E-state index contributed by atoms with van der Waals surface area (Å²) >= 11 is 0. The molecule has 1 fully saturated rings. The van der Waals surface area contributed by atoms with Crippen molar-refractivity contribution in [3.8, 4) is 5.75 Å². The van der Waals surface area contributed by atoms with Crippen LogP contribution in [0.1, 0.15) is 44.1 Å². The average molecular weight is 285 g/mol. The molecule has 0 spiro atoms. The molecule has 0 saturated heterocycles. The van der Waals surface area contributed by atoms with Crippen LogP contribution in [0.25, 0.3) is 0 Å². The van der Waals surface area contributed by atoms with E-state index in [0.29, 0.717) is 0 Å². The number of hydrogen-bond donors (Lipinski definition) is 0. The number of benzene rings is 1. The molecule has 114 valence electrons. The van der Waals surface area contributed by atoms with Crippen molar-refractivity contribution in [2.45, 2.75) is 51.1 Å². The second-order valence-electron chi connectivity index (χ2n) is 6.45. The normalized spacial score (nSPS) is 24.1. The van der Waals surface area contributed by atoms with Gasteiger partial charge in [0.1, 0.15) is 5.75 Å². The third kappa shape index (κ3) is 3.68. The van der Waals surface area contributed by atoms with Gasteiger partial charge in [0.15, 0.2) is 0 Å². The van der Waals surface area contributed by atoms with Gasteiger partial charge in [0.25, 0.3) is 0 Å². The molecule has 0 radical (unpaired) electrons. The van der Waals surface area contributed by atoms with Crippen molar-refractivity contribution in [2.75, 3.05) is 13.7 Å². The van der Waals surface area contributed by atoms with Crippen LogP contribution in [0, 0.1) is 5.92 Å². The van der Waals surface area contributed by atoms with E-state index in [4.69, 9.17) is 4.74 Å². The number of ether oxygens (including phenoxy) is 1. The Kier molecular flexibility index (Phi) is 4.97. The van der Waals surface area contributed by atoms with E-state index in [-0.39, 0.29) is 0 Å². The third-order valence-electron chi connectivity index (χ3n) is 5.09. The largest absolute Gasteiger partial charge is 0.497 e. The topological polar surface area (TPSA) is 12.5 Å². The second-order valence-corrected chi connectivity index (χ2v) is 6.45. The van der Waals surface area contributed by atoms with E-state index in [1.165, 1.54) is 44.1 Å². The zero-order chi connectivity index (χ0) is 14.5. The Balaban J connectivity index is 1.67. The van der Waals surface area contributed by atoms with Gasteiger partial charge in [-0.25, -0.2) is 0 Å². The summed E-state index contributed by atoms with van der Waals surface area (Å²) in [7, 11) is 1.73. The first kappa shape index (κ1) is 14.6. The van der Waals surface area contributed by atoms with Crippen molar-refractivity contribution in [1.82, 2.24) is 4.90 Å². The van der Waals surface area contributed by atoms with Gasteiger partial charge in [0.2, 0.25) is 0 Å². The van der Waals surface area contributed by atoms with E-state index in [9.17, 15) is 0 Å². The molecule has 21 heavy (non-hydrogen) atoms. The maximum atomic E-state index is 5.25. The summed E-state index contributed by atoms with van der Waals surface area (Å²) in [5.41, 5.74) is 1.40. The van der Waals surface area contributed by atoms with Crippen LogP contribution in [0.3, 0.4) is 0 Å². The van der Waals surface area contributed by atoms with Crippen molar-refractivity contribution >= 4 is 0 Å². The molecule has 2 heteroatoms. The van der Waals surface area contributed by atoms with Crippen LogP contribution in [0.15, 0.2) is 36.4 Å². The van der Waals surface area contributed by atoms with Crippen LogP contribution in [-0.4, -0.2) is 24.6 Å². The standard InChI is InChI=1S/C19H27NO/c1-21-18-12-10-16(11-13-18)15-20-14-6-5-9-19(20)17-7-3-2-4-8-17/h5-6,10-13,17,19H,2-4,7-9,14-15H2,1H3. The minimum Gasteiger partial charge on any atom is -0.497 e. The number of methoxy groups -OCH3 is 1. The maximum absolute atomic E-state index is 5.25. The van der Waals surface area contributed by atoms with Crippen LogP contribution in [0.5, 0.6) is 5.75 Å². The van der Waals surface area contributed by atoms with Crippen molar-refractivity contribution in [2.24, 2.45) is 5.92 Å². The molecule has 2 nitrogen and oxygen atoms in total. The van der Waals surface area contributed by atoms with Crippen LogP contribution in [-0.2, 0) is 6.54 Å². The average Bonchev–Trinajstić information content (AvgIpc) is 2.57. The van der Waals surface area contributed by atoms with Gasteiger partial charge in [-0.1, -0.05) is 43.5 Å². The fourth-order valence-corrected chi connectivity index (χ4v) is 3.89. The molecule has 1 heterocycles. The van der Waals surface area contributed by atoms with E-state index in [0.717, 1.165) is 30.8 Å². The van der Waals surface area contributed by atoms with Crippen LogP contribution in [0.4, 0.5) is 0 Å². The van der Waals surface area contributed by atoms with Crippen LogP contribution in [0.2, 0.25) is 0 Å². The zero-order valence-electron chi connectivity index (χ0n) is 13.1. The van der Waals surface area contributed by atoms with E-state index in [1.54, 1.807) is 7.11 Å². The van der Waals surface area contributed by atoms with Gasteiger partial charge < -0.3 is 4.74 Å². The highest BCUT2D eigenvalue weighted by molar-refractivity contribution is 5.27. The number of nitrogens with zero attached hydrogens (tertiary/aromatic N) is 1. The lowest BCUT2D eigenvalue weighted by atomic mass is 9.81. The van der Waals surface area contributed by atoms with Gasteiger partial charge in [0, 0.05) is 19.1 Å². The van der Waals surface area contributed by atoms with E-state index in [1.807, 2.05) is 0 Å². The molecule has 3 rings (SSSR count). The number of rotatable bonds is 4. The monoisotopic (exact) mass is 285 g/mol. The fourth-order valence-electron chi connectivity index (χ4n) is 3.89. The first-order valence-electron chi connectivity index (χ1n) is 8.39. The highest BCUT2D eigenvalue weighted by Crippen LogP contribution is 2.32. The van der Waals surface area contributed by atoms with Gasteiger partial charge >= 0.3 is 0 Å². The molecule has 1 aromatic rings. The highest BCUT2D eigenvalue weighted by atomic mass is 16.5. The second kappa shape index (κ2) is 7.13. The smallest absolute Gasteiger partial charge is 0.118 e. The van der Waals surface area contributed by atoms with E-state index in [2.05, 4.69) is 41.3 Å². The molecular weight excluding hydrogens is 258 g/mol. The van der Waals surface area contributed by atoms with Crippen molar-refractivity contribution < 1.29 is 4.74 Å². The Morgan fingerprint density at radius 3 is 2.52 bits per heavy atom. The predicted octanol–water partition coefficient (Wildman–Crippen LogP) is 4.41. The summed E-state index contributed by atoms with van der Waals surface area (Å²) in [5.74, 6) is 1.85. The molecule has 1 aliphatic heterocycles. The summed E-state index contributed by atoms with van der Waals surface area (Å²) < 4.78 is 5.25. The summed E-state index contributed by atoms with van der Waals surface area (Å²) in [4.78, 5) is 2.68. The zero-order valence-corrected chi connectivity index (χ0v) is 13.1. The van der Waals surface area contributed by atoms with Gasteiger partial charge in [0.05, 0.1) is 7.11 Å². The molecule has 0 N–H and O–H groups in total. The molecule has 0 aromatic heterocycles. The third-order valence-corrected chi connectivity index (χ3v) is 5.09. The lowest BCUT2D eigenvalue weighted by Crippen LogP contribution is -2.42. The van der Waals surface area contributed by atoms with Crippen LogP contribution < -0.4 is 4.74 Å². The quantitative estimate of drug-likeness (QED) is 0.760. The van der Waals surface area contributed by atoms with E-state index < -0.39 is 0 Å². The lowest BCUT2D eigenvalue weighted by molar-refractivity contribution is 0.117. The summed E-state index contributed by atoms with van der Waals surface area (Å²) in [5, 5.41) is 0. The summed E-state index contributed by atoms with van der Waals surface area (Å²) in [6, 6.07) is 9.30. The lowest BCUT2D eigenvalue weighted by Gasteiger charge is -2.40. The molecule has 0 bridgehead atoms. The maximum Gasteiger partial charge on any atom is 0.118 e. The minimum absolute atomic E-state index is 0.748. The summed E-state index contributed by atoms with van der Waals surface area (Å²) in [6.07, 6.45) is 13.1. The highest BCUT2D eigenvalue weighted by Gasteiger charge is 2.28. The van der Waals surface area contributed by atoms with Crippen molar-refractivity contribution in [3.63, 3.8) is 0 Å². The molecular formula is C19H27NO. The van der Waals surface area contributed by atoms with Gasteiger partial charge in [-0.15, -0.1) is 0 Å². The van der Waals surface area contributed by atoms with Gasteiger partial charge in [-0.05, 0) is 42.9 Å². The predicted molar refractivity (Wildman–Crippen MR) is 87.5 cm³/mol. The molecule has 1 aromatic carbocycles. The Morgan fingerprint density at radius 2 is 1.81 bits per heavy atom. The van der Waals surface area contributed by atoms with E-state index >= 15 is 0 Å². The molecule has 1 aliphatic carbocycles. The minimum atomic E-state index is 0.748.